The molecule has 2 aromatic rings. The van der Waals surface area contributed by atoms with Crippen LogP contribution in [-0.2, 0) is 16.4 Å². The lowest BCUT2D eigenvalue weighted by Crippen LogP contribution is -2.30. The first-order chi connectivity index (χ1) is 9.62. The maximum Gasteiger partial charge on any atom is 0.237 e. The summed E-state index contributed by atoms with van der Waals surface area (Å²) in [5, 5.41) is 4.94. The van der Waals surface area contributed by atoms with Gasteiger partial charge in [-0.05, 0) is 12.8 Å². The van der Waals surface area contributed by atoms with Gasteiger partial charge in [-0.3, -0.25) is 4.40 Å². The molecule has 1 unspecified atom stereocenters. The van der Waals surface area contributed by atoms with Gasteiger partial charge in [0.05, 0.1) is 18.1 Å². The molecule has 3 rings (SSSR count). The van der Waals surface area contributed by atoms with Crippen molar-refractivity contribution in [3.63, 3.8) is 0 Å². The number of ether oxygens (including phenoxy) is 1. The number of hydrogen-bond acceptors (Lipinski definition) is 6. The molecule has 1 aliphatic heterocycles. The van der Waals surface area contributed by atoms with Crippen LogP contribution in [0, 0.1) is 0 Å². The van der Waals surface area contributed by atoms with E-state index in [1.807, 2.05) is 16.0 Å². The van der Waals surface area contributed by atoms with Gasteiger partial charge in [-0.25, -0.2) is 8.42 Å². The molecule has 0 aromatic carbocycles. The monoisotopic (exact) mass is 315 g/mol. The number of imidazole rings is 1. The number of hydrogen-bond donors (Lipinski definition) is 1. The van der Waals surface area contributed by atoms with Crippen molar-refractivity contribution in [3.8, 4) is 5.88 Å². The van der Waals surface area contributed by atoms with E-state index in [-0.39, 0.29) is 5.25 Å². The molecular formula is C12H17N3O3S2. The van der Waals surface area contributed by atoms with Gasteiger partial charge in [-0.15, -0.1) is 11.3 Å². The highest BCUT2D eigenvalue weighted by Crippen LogP contribution is 2.23. The van der Waals surface area contributed by atoms with Crippen LogP contribution in [0.15, 0.2) is 11.6 Å². The van der Waals surface area contributed by atoms with E-state index < -0.39 is 9.84 Å². The lowest BCUT2D eigenvalue weighted by molar-refractivity contribution is 0.393. The van der Waals surface area contributed by atoms with Crippen molar-refractivity contribution in [2.24, 2.45) is 0 Å². The van der Waals surface area contributed by atoms with Gasteiger partial charge in [0, 0.05) is 24.7 Å². The summed E-state index contributed by atoms with van der Waals surface area (Å²) in [6, 6.07) is 0. The average molecular weight is 315 g/mol. The van der Waals surface area contributed by atoms with Crippen LogP contribution in [-0.4, -0.2) is 42.5 Å². The van der Waals surface area contributed by atoms with Gasteiger partial charge in [0.1, 0.15) is 5.69 Å². The summed E-state index contributed by atoms with van der Waals surface area (Å²) in [7, 11) is -1.30. The molecule has 1 N–H and O–H groups in total. The second-order valence-corrected chi connectivity index (χ2v) is 8.16. The van der Waals surface area contributed by atoms with Crippen molar-refractivity contribution < 1.29 is 13.2 Å². The third-order valence-corrected chi connectivity index (χ3v) is 6.68. The molecule has 1 atom stereocenters. The fourth-order valence-electron chi connectivity index (χ4n) is 2.58. The van der Waals surface area contributed by atoms with E-state index in [4.69, 9.17) is 4.74 Å². The Kier molecular flexibility index (Phi) is 3.70. The fourth-order valence-corrected chi connectivity index (χ4v) is 5.10. The van der Waals surface area contributed by atoms with Crippen LogP contribution in [0.25, 0.3) is 4.96 Å². The molecule has 1 fully saturated rings. The summed E-state index contributed by atoms with van der Waals surface area (Å²) < 4.78 is 30.8. The SMILES string of the molecule is COc1nc2sccn2c1CNCC1CCCS1(=O)=O. The van der Waals surface area contributed by atoms with Crippen molar-refractivity contribution in [2.75, 3.05) is 19.4 Å². The number of rotatable bonds is 5. The quantitative estimate of drug-likeness (QED) is 0.893. The molecule has 3 heterocycles. The minimum absolute atomic E-state index is 0.251. The molecule has 1 saturated heterocycles. The zero-order valence-electron chi connectivity index (χ0n) is 11.2. The minimum Gasteiger partial charge on any atom is -0.480 e. The van der Waals surface area contributed by atoms with Crippen LogP contribution in [0.4, 0.5) is 0 Å². The molecule has 6 nitrogen and oxygen atoms in total. The van der Waals surface area contributed by atoms with Crippen LogP contribution in [0.2, 0.25) is 0 Å². The van der Waals surface area contributed by atoms with Gasteiger partial charge in [-0.1, -0.05) is 0 Å². The number of thiazole rings is 1. The molecule has 0 aliphatic carbocycles. The molecule has 2 aromatic heterocycles. The predicted molar refractivity (Wildman–Crippen MR) is 78.1 cm³/mol. The number of nitrogens with zero attached hydrogens (tertiary/aromatic N) is 2. The smallest absolute Gasteiger partial charge is 0.237 e. The summed E-state index contributed by atoms with van der Waals surface area (Å²) in [5.41, 5.74) is 0.930. The fraction of sp³-hybridized carbons (Fsp3) is 0.583. The van der Waals surface area contributed by atoms with Crippen LogP contribution in [0.1, 0.15) is 18.5 Å². The van der Waals surface area contributed by atoms with E-state index in [1.165, 1.54) is 0 Å². The Balaban J connectivity index is 1.69. The summed E-state index contributed by atoms with van der Waals surface area (Å²) in [4.78, 5) is 5.25. The van der Waals surface area contributed by atoms with Crippen molar-refractivity contribution >= 4 is 26.1 Å². The van der Waals surface area contributed by atoms with Crippen LogP contribution < -0.4 is 10.1 Å². The largest absolute Gasteiger partial charge is 0.480 e. The van der Waals surface area contributed by atoms with Crippen LogP contribution in [0.3, 0.4) is 0 Å². The van der Waals surface area contributed by atoms with Gasteiger partial charge in [0.2, 0.25) is 5.88 Å². The van der Waals surface area contributed by atoms with E-state index in [9.17, 15) is 8.42 Å². The second-order valence-electron chi connectivity index (χ2n) is 4.89. The number of fused-ring (bicyclic) bond motifs is 1. The van der Waals surface area contributed by atoms with E-state index >= 15 is 0 Å². The topological polar surface area (TPSA) is 72.7 Å². The Morgan fingerprint density at radius 3 is 3.15 bits per heavy atom. The normalized spacial score (nSPS) is 21.6. The van der Waals surface area contributed by atoms with E-state index in [0.717, 1.165) is 23.5 Å². The Bertz CT molecular complexity index is 705. The molecule has 0 bridgehead atoms. The van der Waals surface area contributed by atoms with Gasteiger partial charge in [0.15, 0.2) is 14.8 Å². The van der Waals surface area contributed by atoms with Gasteiger partial charge in [-0.2, -0.15) is 4.98 Å². The molecule has 0 saturated carbocycles. The lowest BCUT2D eigenvalue weighted by atomic mass is 10.2. The molecule has 110 valence electrons. The number of nitrogens with one attached hydrogen (secondary N) is 1. The predicted octanol–water partition coefficient (Wildman–Crippen LogP) is 1.07. The van der Waals surface area contributed by atoms with Gasteiger partial charge in [0.25, 0.3) is 0 Å². The van der Waals surface area contributed by atoms with E-state index in [2.05, 4.69) is 10.3 Å². The lowest BCUT2D eigenvalue weighted by Gasteiger charge is -2.10. The first-order valence-electron chi connectivity index (χ1n) is 6.52. The molecule has 0 spiro atoms. The highest BCUT2D eigenvalue weighted by atomic mass is 32.2. The maximum atomic E-state index is 11.8. The van der Waals surface area contributed by atoms with Crippen LogP contribution in [0.5, 0.6) is 5.88 Å². The number of methoxy groups -OCH3 is 1. The van der Waals surface area contributed by atoms with Gasteiger partial charge >= 0.3 is 0 Å². The highest BCUT2D eigenvalue weighted by Gasteiger charge is 2.30. The van der Waals surface area contributed by atoms with Gasteiger partial charge < -0.3 is 10.1 Å². The van der Waals surface area contributed by atoms with Crippen molar-refractivity contribution in [1.29, 1.82) is 0 Å². The molecule has 20 heavy (non-hydrogen) atoms. The molecule has 1 aliphatic rings. The first kappa shape index (κ1) is 13.8. The number of sulfone groups is 1. The van der Waals surface area contributed by atoms with Crippen LogP contribution >= 0.6 is 11.3 Å². The first-order valence-corrected chi connectivity index (χ1v) is 9.12. The Hall–Kier alpha value is -1.12. The summed E-state index contributed by atoms with van der Waals surface area (Å²) in [6.07, 6.45) is 3.48. The summed E-state index contributed by atoms with van der Waals surface area (Å²) >= 11 is 1.54. The molecule has 0 radical (unpaired) electrons. The minimum atomic E-state index is -2.89. The summed E-state index contributed by atoms with van der Waals surface area (Å²) in [5.74, 6) is 0.919. The van der Waals surface area contributed by atoms with Crippen molar-refractivity contribution in [3.05, 3.63) is 17.3 Å². The summed E-state index contributed by atoms with van der Waals surface area (Å²) in [6.45, 7) is 1.04. The molecule has 0 amide bonds. The Morgan fingerprint density at radius 2 is 2.45 bits per heavy atom. The third kappa shape index (κ3) is 2.43. The highest BCUT2D eigenvalue weighted by molar-refractivity contribution is 7.92. The molecular weight excluding hydrogens is 298 g/mol. The second kappa shape index (κ2) is 5.34. The standard InChI is InChI=1S/C12H17N3O3S2/c1-18-11-10(15-4-5-19-12(15)14-11)8-13-7-9-3-2-6-20(9,16)17/h4-5,9,13H,2-3,6-8H2,1H3. The zero-order valence-corrected chi connectivity index (χ0v) is 12.8. The Morgan fingerprint density at radius 1 is 1.60 bits per heavy atom. The Labute approximate surface area is 121 Å². The molecule has 8 heteroatoms. The van der Waals surface area contributed by atoms with E-state index in [0.29, 0.717) is 24.7 Å². The van der Waals surface area contributed by atoms with Crippen molar-refractivity contribution in [1.82, 2.24) is 14.7 Å². The van der Waals surface area contributed by atoms with Crippen molar-refractivity contribution in [2.45, 2.75) is 24.6 Å². The number of aromatic nitrogens is 2. The average Bonchev–Trinajstić information content (AvgIpc) is 3.05. The zero-order chi connectivity index (χ0) is 14.2. The van der Waals surface area contributed by atoms with E-state index in [1.54, 1.807) is 18.4 Å². The third-order valence-electron chi connectivity index (χ3n) is 3.64. The maximum absolute atomic E-state index is 11.8.